The molecule has 0 fully saturated rings. The van der Waals surface area contributed by atoms with Gasteiger partial charge in [-0.2, -0.15) is 0 Å². The van der Waals surface area contributed by atoms with Crippen molar-refractivity contribution >= 4 is 28.4 Å². The maximum Gasteiger partial charge on any atom is 0.329 e. The summed E-state index contributed by atoms with van der Waals surface area (Å²) in [4.78, 5) is 37.7. The Balaban J connectivity index is 2.08. The first kappa shape index (κ1) is 16.0. The van der Waals surface area contributed by atoms with Gasteiger partial charge in [0.05, 0.1) is 22.5 Å². The fraction of sp³-hybridized carbons (Fsp3) is 0.0625. The van der Waals surface area contributed by atoms with Gasteiger partial charge in [0.1, 0.15) is 0 Å². The van der Waals surface area contributed by atoms with Gasteiger partial charge in [-0.3, -0.25) is 24.3 Å². The minimum Gasteiger partial charge on any atom is -0.289 e. The van der Waals surface area contributed by atoms with Crippen LogP contribution < -0.4 is 16.7 Å². The molecule has 7 nitrogen and oxygen atoms in total. The van der Waals surface area contributed by atoms with Crippen LogP contribution in [0.25, 0.3) is 10.9 Å². The van der Waals surface area contributed by atoms with E-state index in [1.807, 2.05) is 0 Å². The van der Waals surface area contributed by atoms with Crippen LogP contribution in [0.5, 0.6) is 0 Å². The van der Waals surface area contributed by atoms with Gasteiger partial charge >= 0.3 is 5.69 Å². The number of rotatable bonds is 3. The Morgan fingerprint density at radius 3 is 2.54 bits per heavy atom. The van der Waals surface area contributed by atoms with Gasteiger partial charge < -0.3 is 0 Å². The maximum absolute atomic E-state index is 12.2. The Morgan fingerprint density at radius 2 is 1.88 bits per heavy atom. The molecule has 0 aliphatic heterocycles. The van der Waals surface area contributed by atoms with Crippen molar-refractivity contribution in [2.24, 2.45) is 0 Å². The largest absolute Gasteiger partial charge is 0.329 e. The van der Waals surface area contributed by atoms with E-state index in [1.165, 1.54) is 16.7 Å². The summed E-state index contributed by atoms with van der Waals surface area (Å²) in [6.07, 6.45) is 0. The van der Waals surface area contributed by atoms with Crippen LogP contribution in [0.3, 0.4) is 0 Å². The average Bonchev–Trinajstić information content (AvgIpc) is 2.58. The second kappa shape index (κ2) is 6.31. The molecule has 0 aliphatic carbocycles. The van der Waals surface area contributed by atoms with Crippen LogP contribution in [0.2, 0.25) is 5.02 Å². The van der Waals surface area contributed by atoms with Crippen molar-refractivity contribution < 1.29 is 10.0 Å². The number of aromatic amines is 1. The van der Waals surface area contributed by atoms with Crippen molar-refractivity contribution in [1.82, 2.24) is 15.0 Å². The third-order valence-corrected chi connectivity index (χ3v) is 3.95. The molecule has 1 amide bonds. The monoisotopic (exact) mass is 345 g/mol. The molecule has 8 heteroatoms. The number of benzene rings is 2. The molecule has 0 atom stereocenters. The van der Waals surface area contributed by atoms with Crippen molar-refractivity contribution in [3.05, 3.63) is 79.5 Å². The lowest BCUT2D eigenvalue weighted by atomic mass is 10.1. The summed E-state index contributed by atoms with van der Waals surface area (Å²) in [7, 11) is 0. The average molecular weight is 346 g/mol. The van der Waals surface area contributed by atoms with E-state index in [4.69, 9.17) is 16.8 Å². The number of fused-ring (bicyclic) bond motifs is 1. The number of carbonyl (C=O) groups is 1. The highest BCUT2D eigenvalue weighted by Gasteiger charge is 2.11. The zero-order valence-corrected chi connectivity index (χ0v) is 13.0. The van der Waals surface area contributed by atoms with Gasteiger partial charge in [-0.15, -0.1) is 0 Å². The molecule has 0 bridgehead atoms. The topological polar surface area (TPSA) is 104 Å². The van der Waals surface area contributed by atoms with Crippen LogP contribution in [0.15, 0.2) is 52.1 Å². The van der Waals surface area contributed by atoms with E-state index >= 15 is 0 Å². The highest BCUT2D eigenvalue weighted by Crippen LogP contribution is 2.19. The zero-order chi connectivity index (χ0) is 17.3. The van der Waals surface area contributed by atoms with Crippen molar-refractivity contribution in [1.29, 1.82) is 0 Å². The van der Waals surface area contributed by atoms with Gasteiger partial charge in [0.15, 0.2) is 0 Å². The van der Waals surface area contributed by atoms with Crippen LogP contribution in [0.4, 0.5) is 0 Å². The summed E-state index contributed by atoms with van der Waals surface area (Å²) in [5.41, 5.74) is 1.90. The van der Waals surface area contributed by atoms with Gasteiger partial charge in [0.25, 0.3) is 11.5 Å². The lowest BCUT2D eigenvalue weighted by molar-refractivity contribution is 0.0706. The molecule has 122 valence electrons. The lowest BCUT2D eigenvalue weighted by Gasteiger charge is -2.10. The molecule has 3 rings (SSSR count). The number of hydrogen-bond acceptors (Lipinski definition) is 4. The molecule has 1 aromatic heterocycles. The highest BCUT2D eigenvalue weighted by atomic mass is 35.5. The number of carbonyl (C=O) groups excluding carboxylic acids is 1. The van der Waals surface area contributed by atoms with Gasteiger partial charge in [0, 0.05) is 5.56 Å². The van der Waals surface area contributed by atoms with Crippen molar-refractivity contribution in [3.8, 4) is 0 Å². The molecule has 0 spiro atoms. The molecular weight excluding hydrogens is 334 g/mol. The molecule has 0 aliphatic rings. The predicted molar refractivity (Wildman–Crippen MR) is 88.6 cm³/mol. The molecule has 3 N–H and O–H groups in total. The van der Waals surface area contributed by atoms with E-state index in [1.54, 1.807) is 35.8 Å². The molecule has 0 saturated heterocycles. The van der Waals surface area contributed by atoms with E-state index in [0.29, 0.717) is 5.52 Å². The van der Waals surface area contributed by atoms with Crippen molar-refractivity contribution in [2.45, 2.75) is 6.54 Å². The fourth-order valence-electron chi connectivity index (χ4n) is 2.46. The second-order valence-corrected chi connectivity index (χ2v) is 5.52. The first-order valence-corrected chi connectivity index (χ1v) is 7.34. The Kier molecular flexibility index (Phi) is 4.20. The van der Waals surface area contributed by atoms with Crippen LogP contribution in [0.1, 0.15) is 15.9 Å². The number of amides is 1. The minimum absolute atomic E-state index is 0.188. The highest BCUT2D eigenvalue weighted by molar-refractivity contribution is 6.35. The fourth-order valence-corrected chi connectivity index (χ4v) is 2.72. The Labute approximate surface area is 140 Å². The Bertz CT molecular complexity index is 1040. The number of aromatic nitrogens is 2. The zero-order valence-electron chi connectivity index (χ0n) is 12.2. The number of nitrogens with one attached hydrogen (secondary N) is 2. The number of H-pyrrole nitrogens is 1. The van der Waals surface area contributed by atoms with Crippen LogP contribution in [-0.2, 0) is 6.54 Å². The summed E-state index contributed by atoms with van der Waals surface area (Å²) in [5, 5.41) is 9.12. The second-order valence-electron chi connectivity index (χ2n) is 5.12. The van der Waals surface area contributed by atoms with Gasteiger partial charge in [-0.05, 0) is 29.8 Å². The predicted octanol–water partition coefficient (Wildman–Crippen LogP) is 1.51. The Morgan fingerprint density at radius 1 is 1.17 bits per heavy atom. The number of nitrogens with zero attached hydrogens (tertiary/aromatic N) is 1. The van der Waals surface area contributed by atoms with Gasteiger partial charge in [-0.25, -0.2) is 10.3 Å². The van der Waals surface area contributed by atoms with Gasteiger partial charge in [0.2, 0.25) is 0 Å². The molecule has 24 heavy (non-hydrogen) atoms. The van der Waals surface area contributed by atoms with E-state index in [0.717, 1.165) is 5.56 Å². The molecule has 0 unspecified atom stereocenters. The van der Waals surface area contributed by atoms with E-state index < -0.39 is 17.2 Å². The quantitative estimate of drug-likeness (QED) is 0.494. The molecular formula is C16H12ClN3O4. The summed E-state index contributed by atoms with van der Waals surface area (Å²) in [5.74, 6) is -0.625. The SMILES string of the molecule is O=C(NO)c1ccc(Cn2c(=O)[nH]c(=O)c3c(Cl)cccc32)cc1. The first-order valence-electron chi connectivity index (χ1n) is 6.96. The Hall–Kier alpha value is -2.90. The first-order chi connectivity index (χ1) is 11.5. The summed E-state index contributed by atoms with van der Waals surface area (Å²) in [6.45, 7) is 0.188. The standard InChI is InChI=1S/C16H12ClN3O4/c17-11-2-1-3-12-13(11)15(22)18-16(23)20(12)8-9-4-6-10(7-5-9)14(21)19-24/h1-7,24H,8H2,(H,19,21)(H,18,22,23). The molecule has 3 aromatic rings. The lowest BCUT2D eigenvalue weighted by Crippen LogP contribution is -2.30. The van der Waals surface area contributed by atoms with Crippen molar-refractivity contribution in [2.75, 3.05) is 0 Å². The maximum atomic E-state index is 12.2. The minimum atomic E-state index is -0.625. The number of hydrogen-bond donors (Lipinski definition) is 3. The third-order valence-electron chi connectivity index (χ3n) is 3.63. The van der Waals surface area contributed by atoms with Crippen LogP contribution in [-0.4, -0.2) is 20.7 Å². The van der Waals surface area contributed by atoms with E-state index in [2.05, 4.69) is 4.98 Å². The number of hydroxylamine groups is 1. The molecule has 0 radical (unpaired) electrons. The molecule has 0 saturated carbocycles. The van der Waals surface area contributed by atoms with Crippen molar-refractivity contribution in [3.63, 3.8) is 0 Å². The molecule has 2 aromatic carbocycles. The van der Waals surface area contributed by atoms with E-state index in [-0.39, 0.29) is 22.5 Å². The smallest absolute Gasteiger partial charge is 0.289 e. The molecule has 1 heterocycles. The summed E-state index contributed by atoms with van der Waals surface area (Å²) < 4.78 is 1.39. The van der Waals surface area contributed by atoms with E-state index in [9.17, 15) is 14.4 Å². The van der Waals surface area contributed by atoms with Crippen LogP contribution >= 0.6 is 11.6 Å². The normalized spacial score (nSPS) is 10.8. The van der Waals surface area contributed by atoms with Gasteiger partial charge in [-0.1, -0.05) is 29.8 Å². The third kappa shape index (κ3) is 2.82. The summed E-state index contributed by atoms with van der Waals surface area (Å²) >= 11 is 6.06. The number of halogens is 1. The van der Waals surface area contributed by atoms with Crippen LogP contribution in [0, 0.1) is 0 Å². The summed E-state index contributed by atoms with van der Waals surface area (Å²) in [6, 6.07) is 11.2.